The zero-order valence-corrected chi connectivity index (χ0v) is 11.4. The van der Waals surface area contributed by atoms with Crippen LogP contribution in [-0.2, 0) is 16.1 Å². The van der Waals surface area contributed by atoms with Crippen LogP contribution in [0.5, 0.6) is 0 Å². The normalized spacial score (nSPS) is 26.9. The highest BCUT2D eigenvalue weighted by Gasteiger charge is 2.40. The fraction of sp³-hybridized carbons (Fsp3) is 0.571. The molecule has 0 heterocycles. The number of benzene rings is 1. The molecule has 0 spiro atoms. The Bertz CT molecular complexity index is 386. The first-order valence-corrected chi connectivity index (χ1v) is 6.82. The molecule has 2 rings (SSSR count). The van der Waals surface area contributed by atoms with Gasteiger partial charge in [-0.05, 0) is 24.5 Å². The van der Waals surface area contributed by atoms with Crippen LogP contribution in [0.4, 0.5) is 0 Å². The van der Waals surface area contributed by atoms with Crippen molar-refractivity contribution >= 4 is 11.6 Å². The van der Waals surface area contributed by atoms with Crippen molar-refractivity contribution in [1.82, 2.24) is 0 Å². The van der Waals surface area contributed by atoms with Crippen molar-refractivity contribution in [2.45, 2.75) is 44.6 Å². The van der Waals surface area contributed by atoms with E-state index >= 15 is 0 Å². The van der Waals surface area contributed by atoms with Crippen LogP contribution in [0, 0.1) is 0 Å². The molecule has 1 saturated carbocycles. The summed E-state index contributed by atoms with van der Waals surface area (Å²) in [5.41, 5.74) is 6.93. The molecule has 4 heteroatoms. The second-order valence-electron chi connectivity index (χ2n) is 4.68. The number of hydrogen-bond donors (Lipinski definition) is 1. The molecule has 1 aromatic carbocycles. The lowest BCUT2D eigenvalue weighted by Crippen LogP contribution is -2.58. The van der Waals surface area contributed by atoms with Crippen LogP contribution in [-0.4, -0.2) is 24.9 Å². The molecular formula is C14H20ClNO2. The molecule has 0 aliphatic heterocycles. The fourth-order valence-electron chi connectivity index (χ4n) is 2.08. The highest BCUT2D eigenvalue weighted by molar-refractivity contribution is 6.31. The molecule has 100 valence electrons. The van der Waals surface area contributed by atoms with E-state index in [1.54, 1.807) is 0 Å². The van der Waals surface area contributed by atoms with Gasteiger partial charge in [-0.25, -0.2) is 0 Å². The Morgan fingerprint density at radius 1 is 1.33 bits per heavy atom. The minimum atomic E-state index is 0.0347. The van der Waals surface area contributed by atoms with Gasteiger partial charge in [-0.1, -0.05) is 36.7 Å². The van der Waals surface area contributed by atoms with Crippen LogP contribution >= 0.6 is 11.6 Å². The number of nitrogens with two attached hydrogens (primary N) is 1. The number of hydrogen-bond acceptors (Lipinski definition) is 3. The van der Waals surface area contributed by atoms with Crippen molar-refractivity contribution in [3.8, 4) is 0 Å². The first kappa shape index (κ1) is 13.8. The van der Waals surface area contributed by atoms with Gasteiger partial charge in [-0.3, -0.25) is 0 Å². The molecule has 0 bridgehead atoms. The van der Waals surface area contributed by atoms with Crippen LogP contribution in [0.2, 0.25) is 5.02 Å². The Morgan fingerprint density at radius 2 is 2.11 bits per heavy atom. The minimum absolute atomic E-state index is 0.0347. The van der Waals surface area contributed by atoms with E-state index in [1.807, 2.05) is 24.3 Å². The molecule has 3 atom stereocenters. The molecule has 1 aliphatic carbocycles. The fourth-order valence-corrected chi connectivity index (χ4v) is 2.27. The second-order valence-corrected chi connectivity index (χ2v) is 5.08. The Labute approximate surface area is 113 Å². The van der Waals surface area contributed by atoms with Gasteiger partial charge in [0.2, 0.25) is 0 Å². The third-order valence-corrected chi connectivity index (χ3v) is 3.59. The summed E-state index contributed by atoms with van der Waals surface area (Å²) in [6, 6.07) is 7.83. The lowest BCUT2D eigenvalue weighted by molar-refractivity contribution is -0.144. The topological polar surface area (TPSA) is 44.5 Å². The quantitative estimate of drug-likeness (QED) is 0.864. The number of ether oxygens (including phenoxy) is 2. The molecule has 0 amide bonds. The lowest BCUT2D eigenvalue weighted by Gasteiger charge is -2.41. The van der Waals surface area contributed by atoms with E-state index in [0.717, 1.165) is 30.0 Å². The standard InChI is InChI=1S/C14H20ClNO2/c1-2-7-17-14-12(16)8-13(14)18-9-10-5-3-4-6-11(10)15/h3-6,12-14H,2,7-9,16H2,1H3. The Balaban J connectivity index is 1.82. The van der Waals surface area contributed by atoms with E-state index in [9.17, 15) is 0 Å². The van der Waals surface area contributed by atoms with E-state index < -0.39 is 0 Å². The summed E-state index contributed by atoms with van der Waals surface area (Å²) in [5.74, 6) is 0. The van der Waals surface area contributed by atoms with Crippen molar-refractivity contribution in [1.29, 1.82) is 0 Å². The monoisotopic (exact) mass is 269 g/mol. The maximum atomic E-state index is 6.08. The van der Waals surface area contributed by atoms with Crippen LogP contribution in [0.1, 0.15) is 25.3 Å². The predicted molar refractivity (Wildman–Crippen MR) is 72.7 cm³/mol. The molecule has 2 N–H and O–H groups in total. The summed E-state index contributed by atoms with van der Waals surface area (Å²) in [7, 11) is 0. The van der Waals surface area contributed by atoms with Crippen LogP contribution in [0.15, 0.2) is 24.3 Å². The van der Waals surface area contributed by atoms with Gasteiger partial charge < -0.3 is 15.2 Å². The van der Waals surface area contributed by atoms with Crippen molar-refractivity contribution in [2.75, 3.05) is 6.61 Å². The summed E-state index contributed by atoms with van der Waals surface area (Å²) in [5, 5.41) is 0.743. The van der Waals surface area contributed by atoms with E-state index in [1.165, 1.54) is 0 Å². The minimum Gasteiger partial charge on any atom is -0.374 e. The molecule has 0 aromatic heterocycles. The Hall–Kier alpha value is -0.610. The maximum absolute atomic E-state index is 6.08. The average Bonchev–Trinajstić information content (AvgIpc) is 2.36. The highest BCUT2D eigenvalue weighted by atomic mass is 35.5. The van der Waals surface area contributed by atoms with Gasteiger partial charge in [0.25, 0.3) is 0 Å². The van der Waals surface area contributed by atoms with E-state index in [4.69, 9.17) is 26.8 Å². The third-order valence-electron chi connectivity index (χ3n) is 3.22. The zero-order chi connectivity index (χ0) is 13.0. The molecular weight excluding hydrogens is 250 g/mol. The third kappa shape index (κ3) is 3.23. The Morgan fingerprint density at radius 3 is 2.78 bits per heavy atom. The van der Waals surface area contributed by atoms with Gasteiger partial charge in [0.05, 0.1) is 18.8 Å². The van der Waals surface area contributed by atoms with Crippen LogP contribution in [0.3, 0.4) is 0 Å². The molecule has 3 unspecified atom stereocenters. The first-order valence-electron chi connectivity index (χ1n) is 6.44. The van der Waals surface area contributed by atoms with Crippen molar-refractivity contribution < 1.29 is 9.47 Å². The van der Waals surface area contributed by atoms with Gasteiger partial charge in [0, 0.05) is 17.7 Å². The molecule has 3 nitrogen and oxygen atoms in total. The van der Waals surface area contributed by atoms with Crippen molar-refractivity contribution in [3.05, 3.63) is 34.9 Å². The average molecular weight is 270 g/mol. The van der Waals surface area contributed by atoms with Crippen molar-refractivity contribution in [3.63, 3.8) is 0 Å². The molecule has 0 saturated heterocycles. The van der Waals surface area contributed by atoms with Gasteiger partial charge in [-0.2, -0.15) is 0 Å². The largest absolute Gasteiger partial charge is 0.374 e. The van der Waals surface area contributed by atoms with Gasteiger partial charge >= 0.3 is 0 Å². The van der Waals surface area contributed by atoms with Crippen molar-refractivity contribution in [2.24, 2.45) is 5.73 Å². The molecule has 1 aliphatic rings. The smallest absolute Gasteiger partial charge is 0.0988 e. The lowest BCUT2D eigenvalue weighted by atomic mass is 9.86. The Kier molecular flexibility index (Phi) is 5.01. The van der Waals surface area contributed by atoms with Gasteiger partial charge in [0.1, 0.15) is 0 Å². The van der Waals surface area contributed by atoms with Crippen LogP contribution in [0.25, 0.3) is 0 Å². The second kappa shape index (κ2) is 6.53. The summed E-state index contributed by atoms with van der Waals surface area (Å²) in [6.45, 7) is 3.34. The maximum Gasteiger partial charge on any atom is 0.0988 e. The molecule has 0 radical (unpaired) electrons. The molecule has 1 aromatic rings. The summed E-state index contributed by atoms with van der Waals surface area (Å²) in [4.78, 5) is 0. The van der Waals surface area contributed by atoms with Crippen LogP contribution < -0.4 is 5.73 Å². The predicted octanol–water partition coefficient (Wildman–Crippen LogP) is 2.75. The number of rotatable bonds is 6. The van der Waals surface area contributed by atoms with E-state index in [0.29, 0.717) is 6.61 Å². The van der Waals surface area contributed by atoms with Gasteiger partial charge in [0.15, 0.2) is 0 Å². The summed E-state index contributed by atoms with van der Waals surface area (Å²) in [6.07, 6.45) is 1.99. The SMILES string of the molecule is CCCOC1C(N)CC1OCc1ccccc1Cl. The van der Waals surface area contributed by atoms with Gasteiger partial charge in [-0.15, -0.1) is 0 Å². The van der Waals surface area contributed by atoms with E-state index in [2.05, 4.69) is 6.92 Å². The van der Waals surface area contributed by atoms with E-state index in [-0.39, 0.29) is 18.2 Å². The first-order chi connectivity index (χ1) is 8.72. The molecule has 18 heavy (non-hydrogen) atoms. The summed E-state index contributed by atoms with van der Waals surface area (Å²) >= 11 is 6.08. The summed E-state index contributed by atoms with van der Waals surface area (Å²) < 4.78 is 11.5. The molecule has 1 fully saturated rings. The number of halogens is 1. The highest BCUT2D eigenvalue weighted by Crippen LogP contribution is 2.27. The zero-order valence-electron chi connectivity index (χ0n) is 10.6.